The van der Waals surface area contributed by atoms with E-state index in [0.717, 1.165) is 6.42 Å². The summed E-state index contributed by atoms with van der Waals surface area (Å²) in [5, 5.41) is 8.09. The molecule has 0 radical (unpaired) electrons. The van der Waals surface area contributed by atoms with Crippen molar-refractivity contribution >= 4 is 5.97 Å². The topological polar surface area (TPSA) is 57.0 Å². The summed E-state index contributed by atoms with van der Waals surface area (Å²) in [6.07, 6.45) is 8.32. The molecule has 0 aliphatic heterocycles. The number of hydrogen-bond acceptors (Lipinski definition) is 4. The molecule has 0 spiro atoms. The smallest absolute Gasteiger partial charge is 0.312 e. The SMILES string of the molecule is COC(=O)C1(Cc2cn(-c3ccccc3F)nn2)CC=CCC1. The Morgan fingerprint density at radius 2 is 2.22 bits per heavy atom. The molecule has 0 fully saturated rings. The van der Waals surface area contributed by atoms with Crippen molar-refractivity contribution in [1.82, 2.24) is 15.0 Å². The minimum Gasteiger partial charge on any atom is -0.469 e. The Hall–Kier alpha value is -2.50. The molecular formula is C17H18FN3O2. The third-order valence-electron chi connectivity index (χ3n) is 4.24. The van der Waals surface area contributed by atoms with Gasteiger partial charge in [0.25, 0.3) is 0 Å². The average molecular weight is 315 g/mol. The van der Waals surface area contributed by atoms with Gasteiger partial charge in [0.2, 0.25) is 0 Å². The van der Waals surface area contributed by atoms with Gasteiger partial charge in [-0.25, -0.2) is 9.07 Å². The minimum absolute atomic E-state index is 0.234. The van der Waals surface area contributed by atoms with Crippen LogP contribution >= 0.6 is 0 Å². The minimum atomic E-state index is -0.612. The molecule has 0 saturated heterocycles. The van der Waals surface area contributed by atoms with Gasteiger partial charge in [0.15, 0.2) is 0 Å². The van der Waals surface area contributed by atoms with Crippen molar-refractivity contribution < 1.29 is 13.9 Å². The number of hydrogen-bond donors (Lipinski definition) is 0. The maximum atomic E-state index is 13.8. The average Bonchev–Trinajstić information content (AvgIpc) is 3.03. The molecule has 2 aromatic rings. The predicted octanol–water partition coefficient (Wildman–Crippen LogP) is 2.85. The second-order valence-corrected chi connectivity index (χ2v) is 5.77. The maximum Gasteiger partial charge on any atom is 0.312 e. The summed E-state index contributed by atoms with van der Waals surface area (Å²) in [6.45, 7) is 0. The fraction of sp³-hybridized carbons (Fsp3) is 0.353. The third-order valence-corrected chi connectivity index (χ3v) is 4.24. The standard InChI is InChI=1S/C17H18FN3O2/c1-23-16(22)17(9-5-2-6-10-17)11-13-12-21(20-19-13)15-8-4-3-7-14(15)18/h2-5,7-8,12H,6,9-11H2,1H3. The first-order valence-electron chi connectivity index (χ1n) is 7.54. The normalized spacial score (nSPS) is 20.4. The summed E-state index contributed by atoms with van der Waals surface area (Å²) in [7, 11) is 1.40. The van der Waals surface area contributed by atoms with E-state index in [2.05, 4.69) is 16.4 Å². The van der Waals surface area contributed by atoms with Gasteiger partial charge in [-0.15, -0.1) is 5.10 Å². The fourth-order valence-corrected chi connectivity index (χ4v) is 3.00. The van der Waals surface area contributed by atoms with Crippen LogP contribution in [0.1, 0.15) is 25.0 Å². The summed E-state index contributed by atoms with van der Waals surface area (Å²) in [5.41, 5.74) is 0.371. The van der Waals surface area contributed by atoms with Gasteiger partial charge in [-0.05, 0) is 31.4 Å². The van der Waals surface area contributed by atoms with Crippen molar-refractivity contribution in [2.75, 3.05) is 7.11 Å². The van der Waals surface area contributed by atoms with Crippen molar-refractivity contribution in [3.63, 3.8) is 0 Å². The molecule has 0 N–H and O–H groups in total. The lowest BCUT2D eigenvalue weighted by Crippen LogP contribution is -2.35. The second-order valence-electron chi connectivity index (χ2n) is 5.77. The second kappa shape index (κ2) is 6.32. The van der Waals surface area contributed by atoms with Crippen molar-refractivity contribution in [3.05, 3.63) is 54.1 Å². The highest BCUT2D eigenvalue weighted by atomic mass is 19.1. The maximum absolute atomic E-state index is 13.8. The number of nitrogens with zero attached hydrogens (tertiary/aromatic N) is 3. The summed E-state index contributed by atoms with van der Waals surface area (Å²) in [5.74, 6) is -0.602. The number of rotatable bonds is 4. The van der Waals surface area contributed by atoms with Gasteiger partial charge in [-0.3, -0.25) is 4.79 Å². The van der Waals surface area contributed by atoms with Gasteiger partial charge in [-0.2, -0.15) is 0 Å². The summed E-state index contributed by atoms with van der Waals surface area (Å²) < 4.78 is 20.2. The van der Waals surface area contributed by atoms with Gasteiger partial charge >= 0.3 is 5.97 Å². The number of methoxy groups -OCH3 is 1. The zero-order valence-corrected chi connectivity index (χ0v) is 12.9. The van der Waals surface area contributed by atoms with E-state index >= 15 is 0 Å². The molecule has 3 rings (SSSR count). The number of benzene rings is 1. The van der Waals surface area contributed by atoms with Crippen LogP contribution in [0.15, 0.2) is 42.6 Å². The van der Waals surface area contributed by atoms with Crippen LogP contribution in [-0.2, 0) is 16.0 Å². The van der Waals surface area contributed by atoms with E-state index < -0.39 is 5.41 Å². The molecule has 1 unspecified atom stereocenters. The number of allylic oxidation sites excluding steroid dienone is 2. The number of carbonyl (C=O) groups excluding carboxylic acids is 1. The van der Waals surface area contributed by atoms with Crippen molar-refractivity contribution in [2.24, 2.45) is 5.41 Å². The molecule has 0 bridgehead atoms. The highest BCUT2D eigenvalue weighted by Gasteiger charge is 2.40. The first kappa shape index (κ1) is 15.4. The van der Waals surface area contributed by atoms with Gasteiger partial charge in [0, 0.05) is 6.42 Å². The molecule has 6 heteroatoms. The van der Waals surface area contributed by atoms with Crippen LogP contribution in [0.5, 0.6) is 0 Å². The van der Waals surface area contributed by atoms with E-state index in [4.69, 9.17) is 4.74 Å². The van der Waals surface area contributed by atoms with Crippen LogP contribution in [-0.4, -0.2) is 28.1 Å². The highest BCUT2D eigenvalue weighted by Crippen LogP contribution is 2.37. The van der Waals surface area contributed by atoms with Crippen LogP contribution < -0.4 is 0 Å². The summed E-state index contributed by atoms with van der Waals surface area (Å²) in [4.78, 5) is 12.3. The van der Waals surface area contributed by atoms with Crippen molar-refractivity contribution in [1.29, 1.82) is 0 Å². The first-order chi connectivity index (χ1) is 11.1. The molecule has 1 aromatic heterocycles. The Balaban J connectivity index is 1.87. The highest BCUT2D eigenvalue weighted by molar-refractivity contribution is 5.77. The predicted molar refractivity (Wildman–Crippen MR) is 82.5 cm³/mol. The van der Waals surface area contributed by atoms with Gasteiger partial charge in [0.05, 0.1) is 24.4 Å². The van der Waals surface area contributed by atoms with Crippen molar-refractivity contribution in [2.45, 2.75) is 25.7 Å². The number of carbonyl (C=O) groups is 1. The number of ether oxygens (including phenoxy) is 1. The lowest BCUT2D eigenvalue weighted by atomic mass is 9.74. The van der Waals surface area contributed by atoms with Crippen LogP contribution in [0.2, 0.25) is 0 Å². The van der Waals surface area contributed by atoms with E-state index in [9.17, 15) is 9.18 Å². The molecule has 0 saturated carbocycles. The lowest BCUT2D eigenvalue weighted by molar-refractivity contribution is -0.153. The first-order valence-corrected chi connectivity index (χ1v) is 7.54. The van der Waals surface area contributed by atoms with Crippen LogP contribution in [0, 0.1) is 11.2 Å². The molecule has 120 valence electrons. The van der Waals surface area contributed by atoms with E-state index in [1.807, 2.05) is 6.08 Å². The molecule has 1 aromatic carbocycles. The van der Waals surface area contributed by atoms with E-state index in [1.54, 1.807) is 24.4 Å². The lowest BCUT2D eigenvalue weighted by Gasteiger charge is -2.31. The van der Waals surface area contributed by atoms with Gasteiger partial charge in [0.1, 0.15) is 11.5 Å². The van der Waals surface area contributed by atoms with E-state index in [0.29, 0.717) is 30.6 Å². The zero-order chi connectivity index (χ0) is 16.3. The van der Waals surface area contributed by atoms with Crippen LogP contribution in [0.3, 0.4) is 0 Å². The van der Waals surface area contributed by atoms with E-state index in [1.165, 1.54) is 17.9 Å². The Morgan fingerprint density at radius 3 is 2.91 bits per heavy atom. The molecule has 1 aliphatic carbocycles. The van der Waals surface area contributed by atoms with Crippen molar-refractivity contribution in [3.8, 4) is 5.69 Å². The molecular weight excluding hydrogens is 297 g/mol. The van der Waals surface area contributed by atoms with Crippen LogP contribution in [0.4, 0.5) is 4.39 Å². The third kappa shape index (κ3) is 3.02. The van der Waals surface area contributed by atoms with Crippen LogP contribution in [0.25, 0.3) is 5.69 Å². The zero-order valence-electron chi connectivity index (χ0n) is 12.9. The number of aromatic nitrogens is 3. The Morgan fingerprint density at radius 1 is 1.39 bits per heavy atom. The quantitative estimate of drug-likeness (QED) is 0.643. The number of esters is 1. The monoisotopic (exact) mass is 315 g/mol. The largest absolute Gasteiger partial charge is 0.469 e. The summed E-state index contributed by atoms with van der Waals surface area (Å²) in [6, 6.07) is 6.37. The Kier molecular flexibility index (Phi) is 4.23. The van der Waals surface area contributed by atoms with Gasteiger partial charge in [-0.1, -0.05) is 29.5 Å². The molecule has 0 amide bonds. The molecule has 1 atom stereocenters. The molecule has 1 heterocycles. The fourth-order valence-electron chi connectivity index (χ4n) is 3.00. The Bertz CT molecular complexity index is 741. The molecule has 5 nitrogen and oxygen atoms in total. The summed E-state index contributed by atoms with van der Waals surface area (Å²) >= 11 is 0. The number of para-hydroxylation sites is 1. The van der Waals surface area contributed by atoms with Gasteiger partial charge < -0.3 is 4.74 Å². The molecule has 23 heavy (non-hydrogen) atoms. The molecule has 1 aliphatic rings. The number of halogens is 1. The Labute approximate surface area is 133 Å². The van der Waals surface area contributed by atoms with E-state index in [-0.39, 0.29) is 11.8 Å².